The summed E-state index contributed by atoms with van der Waals surface area (Å²) in [5.41, 5.74) is 12.5. The molecule has 0 saturated heterocycles. The van der Waals surface area contributed by atoms with Crippen molar-refractivity contribution >= 4 is 22.5 Å². The van der Waals surface area contributed by atoms with Crippen LogP contribution in [0.1, 0.15) is 22.3 Å². The van der Waals surface area contributed by atoms with Crippen LogP contribution in [0.15, 0.2) is 180 Å². The van der Waals surface area contributed by atoms with E-state index in [1.165, 1.54) is 53.9 Å². The minimum absolute atomic E-state index is 0.449. The zero-order valence-electron chi connectivity index (χ0n) is 26.0. The van der Waals surface area contributed by atoms with Gasteiger partial charge in [-0.3, -0.25) is 0 Å². The zero-order valence-corrected chi connectivity index (χ0v) is 26.8. The van der Waals surface area contributed by atoms with Gasteiger partial charge in [0.05, 0.1) is 16.8 Å². The molecule has 2 heterocycles. The maximum Gasteiger partial charge on any atom is 0.161 e. The summed E-state index contributed by atoms with van der Waals surface area (Å²) in [6.45, 7) is 0. The van der Waals surface area contributed by atoms with E-state index in [4.69, 9.17) is 9.97 Å². The standard InChI is InChI=1S/C45H28N2S/c1-2-15-30(16-3-1)40-28-41(34-21-12-17-29-14-4-5-18-31(29)34)47-44(46-40)35-22-13-26-39-43(35)48-42-27-11-10-25-38(42)45(39)36-23-8-6-19-32(36)33-20-7-9-24-37(33)45/h1-28H. The molecule has 8 aromatic rings. The number of aromatic nitrogens is 2. The lowest BCUT2D eigenvalue weighted by Crippen LogP contribution is -2.32. The van der Waals surface area contributed by atoms with E-state index >= 15 is 0 Å². The fraction of sp³-hybridized carbons (Fsp3) is 0.0222. The molecule has 224 valence electrons. The third-order valence-electron chi connectivity index (χ3n) is 9.98. The third-order valence-corrected chi connectivity index (χ3v) is 11.2. The highest BCUT2D eigenvalue weighted by Crippen LogP contribution is 2.63. The summed E-state index contributed by atoms with van der Waals surface area (Å²) in [5.74, 6) is 0.734. The lowest BCUT2D eigenvalue weighted by molar-refractivity contribution is 0.723. The normalized spacial score (nSPS) is 13.5. The van der Waals surface area contributed by atoms with Crippen molar-refractivity contribution in [1.82, 2.24) is 9.97 Å². The number of rotatable bonds is 3. The summed E-state index contributed by atoms with van der Waals surface area (Å²) in [7, 11) is 0. The van der Waals surface area contributed by atoms with Gasteiger partial charge in [0.2, 0.25) is 0 Å². The summed E-state index contributed by atoms with van der Waals surface area (Å²) in [4.78, 5) is 13.2. The minimum atomic E-state index is -0.449. The second kappa shape index (κ2) is 10.6. The smallest absolute Gasteiger partial charge is 0.161 e. The Labute approximate surface area is 283 Å². The predicted octanol–water partition coefficient (Wildman–Crippen LogP) is 11.5. The molecule has 0 unspecified atom stereocenters. The van der Waals surface area contributed by atoms with Crippen LogP contribution in [-0.2, 0) is 5.41 Å². The number of hydrogen-bond acceptors (Lipinski definition) is 3. The Morgan fingerprint density at radius 2 is 0.979 bits per heavy atom. The summed E-state index contributed by atoms with van der Waals surface area (Å²) in [6.07, 6.45) is 0. The topological polar surface area (TPSA) is 25.8 Å². The van der Waals surface area contributed by atoms with Crippen LogP contribution in [0.3, 0.4) is 0 Å². The largest absolute Gasteiger partial charge is 0.228 e. The van der Waals surface area contributed by atoms with E-state index in [-0.39, 0.29) is 0 Å². The molecule has 0 bridgehead atoms. The first-order chi connectivity index (χ1) is 23.8. The predicted molar refractivity (Wildman–Crippen MR) is 197 cm³/mol. The van der Waals surface area contributed by atoms with Gasteiger partial charge in [-0.2, -0.15) is 0 Å². The molecule has 1 spiro atoms. The SMILES string of the molecule is c1ccc(-c2cc(-c3cccc4ccccc34)nc(-c3cccc4c3Sc3ccccc3C43c4ccccc4-c4ccccc43)n2)cc1. The van der Waals surface area contributed by atoms with Gasteiger partial charge in [-0.25, -0.2) is 9.97 Å². The lowest BCUT2D eigenvalue weighted by Gasteiger charge is -2.40. The van der Waals surface area contributed by atoms with Gasteiger partial charge < -0.3 is 0 Å². The average Bonchev–Trinajstić information content (AvgIpc) is 3.45. The highest BCUT2D eigenvalue weighted by molar-refractivity contribution is 7.99. The molecule has 2 nitrogen and oxygen atoms in total. The lowest BCUT2D eigenvalue weighted by atomic mass is 9.67. The Kier molecular flexibility index (Phi) is 6.06. The van der Waals surface area contributed by atoms with Crippen molar-refractivity contribution in [2.75, 3.05) is 0 Å². The highest BCUT2D eigenvalue weighted by atomic mass is 32.2. The van der Waals surface area contributed by atoms with E-state index in [2.05, 4.69) is 170 Å². The molecule has 10 rings (SSSR count). The van der Waals surface area contributed by atoms with Crippen molar-refractivity contribution in [3.05, 3.63) is 192 Å². The van der Waals surface area contributed by atoms with Gasteiger partial charge >= 0.3 is 0 Å². The summed E-state index contributed by atoms with van der Waals surface area (Å²) in [6, 6.07) is 61.2. The number of nitrogens with zero attached hydrogens (tertiary/aromatic N) is 2. The Balaban J connectivity index is 1.28. The second-order valence-corrected chi connectivity index (χ2v) is 13.5. The van der Waals surface area contributed by atoms with Gasteiger partial charge in [-0.05, 0) is 56.3 Å². The van der Waals surface area contributed by atoms with Crippen molar-refractivity contribution < 1.29 is 0 Å². The molecular weight excluding hydrogens is 601 g/mol. The number of hydrogen-bond donors (Lipinski definition) is 0. The van der Waals surface area contributed by atoms with Crippen molar-refractivity contribution in [2.24, 2.45) is 0 Å². The highest BCUT2D eigenvalue weighted by Gasteiger charge is 2.50. The van der Waals surface area contributed by atoms with Crippen LogP contribution in [0, 0.1) is 0 Å². The van der Waals surface area contributed by atoms with Crippen molar-refractivity contribution in [3.8, 4) is 45.0 Å². The second-order valence-electron chi connectivity index (χ2n) is 12.5. The average molecular weight is 629 g/mol. The fourth-order valence-corrected chi connectivity index (χ4v) is 9.26. The maximum absolute atomic E-state index is 5.39. The fourth-order valence-electron chi connectivity index (χ4n) is 7.97. The van der Waals surface area contributed by atoms with Crippen LogP contribution in [0.5, 0.6) is 0 Å². The van der Waals surface area contributed by atoms with Crippen molar-refractivity contribution in [2.45, 2.75) is 15.2 Å². The molecule has 0 amide bonds. The van der Waals surface area contributed by atoms with Gasteiger partial charge in [-0.1, -0.05) is 169 Å². The first kappa shape index (κ1) is 27.4. The van der Waals surface area contributed by atoms with Gasteiger partial charge in [0, 0.05) is 26.5 Å². The Hall–Kier alpha value is -5.77. The minimum Gasteiger partial charge on any atom is -0.228 e. The monoisotopic (exact) mass is 628 g/mol. The Morgan fingerprint density at radius 1 is 0.417 bits per heavy atom. The third kappa shape index (κ3) is 3.89. The zero-order chi connectivity index (χ0) is 31.7. The van der Waals surface area contributed by atoms with Crippen LogP contribution < -0.4 is 0 Å². The maximum atomic E-state index is 5.39. The van der Waals surface area contributed by atoms with E-state index in [0.717, 1.165) is 33.9 Å². The molecule has 1 aromatic heterocycles. The van der Waals surface area contributed by atoms with Crippen LogP contribution in [-0.4, -0.2) is 9.97 Å². The van der Waals surface area contributed by atoms with Gasteiger partial charge in [0.1, 0.15) is 0 Å². The molecule has 1 aliphatic heterocycles. The molecule has 0 radical (unpaired) electrons. The van der Waals surface area contributed by atoms with Crippen LogP contribution in [0.2, 0.25) is 0 Å². The molecule has 7 aromatic carbocycles. The van der Waals surface area contributed by atoms with Crippen LogP contribution in [0.4, 0.5) is 0 Å². The van der Waals surface area contributed by atoms with E-state index in [9.17, 15) is 0 Å². The van der Waals surface area contributed by atoms with E-state index in [0.29, 0.717) is 0 Å². The molecule has 0 atom stereocenters. The number of fused-ring (bicyclic) bond motifs is 10. The van der Waals surface area contributed by atoms with Gasteiger partial charge in [0.25, 0.3) is 0 Å². The summed E-state index contributed by atoms with van der Waals surface area (Å²) >= 11 is 1.84. The van der Waals surface area contributed by atoms with Crippen molar-refractivity contribution in [3.63, 3.8) is 0 Å². The van der Waals surface area contributed by atoms with E-state index < -0.39 is 5.41 Å². The van der Waals surface area contributed by atoms with Crippen LogP contribution >= 0.6 is 11.8 Å². The molecule has 2 aliphatic rings. The molecule has 0 saturated carbocycles. The van der Waals surface area contributed by atoms with Gasteiger partial charge in [-0.15, -0.1) is 0 Å². The first-order valence-corrected chi connectivity index (χ1v) is 17.2. The molecule has 0 fully saturated rings. The molecule has 1 aliphatic carbocycles. The van der Waals surface area contributed by atoms with Gasteiger partial charge in [0.15, 0.2) is 5.82 Å². The Morgan fingerprint density at radius 3 is 1.79 bits per heavy atom. The molecule has 3 heteroatoms. The summed E-state index contributed by atoms with van der Waals surface area (Å²) < 4.78 is 0. The molecular formula is C45H28N2S. The van der Waals surface area contributed by atoms with Crippen LogP contribution in [0.25, 0.3) is 55.8 Å². The quantitative estimate of drug-likeness (QED) is 0.195. The molecule has 48 heavy (non-hydrogen) atoms. The van der Waals surface area contributed by atoms with Crippen molar-refractivity contribution in [1.29, 1.82) is 0 Å². The van der Waals surface area contributed by atoms with E-state index in [1.54, 1.807) is 0 Å². The Bertz CT molecular complexity index is 2500. The first-order valence-electron chi connectivity index (χ1n) is 16.3. The summed E-state index contributed by atoms with van der Waals surface area (Å²) in [5, 5.41) is 2.38. The number of benzene rings is 7. The van der Waals surface area contributed by atoms with E-state index in [1.807, 2.05) is 11.8 Å². The molecule has 0 N–H and O–H groups in total.